The van der Waals surface area contributed by atoms with E-state index in [0.717, 1.165) is 29.8 Å². The fourth-order valence-corrected chi connectivity index (χ4v) is 2.39. The van der Waals surface area contributed by atoms with E-state index in [1.165, 1.54) is 0 Å². The summed E-state index contributed by atoms with van der Waals surface area (Å²) in [5.74, 6) is -1.02. The van der Waals surface area contributed by atoms with Gasteiger partial charge < -0.3 is 10.6 Å². The number of benzene rings is 2. The molecule has 2 aromatic rings. The highest BCUT2D eigenvalue weighted by molar-refractivity contribution is 6.30. The second-order valence-electron chi connectivity index (χ2n) is 5.49. The van der Waals surface area contributed by atoms with Crippen molar-refractivity contribution in [3.05, 3.63) is 70.2 Å². The first-order chi connectivity index (χ1) is 12.3. The smallest absolute Gasteiger partial charge is 0.354 e. The van der Waals surface area contributed by atoms with Crippen molar-refractivity contribution in [3.8, 4) is 0 Å². The van der Waals surface area contributed by atoms with E-state index in [1.807, 2.05) is 12.1 Å². The van der Waals surface area contributed by atoms with Crippen LogP contribution in [0.5, 0.6) is 0 Å². The molecule has 2 aromatic carbocycles. The van der Waals surface area contributed by atoms with Crippen LogP contribution in [0.2, 0.25) is 5.02 Å². The van der Waals surface area contributed by atoms with Gasteiger partial charge in [-0.2, -0.15) is 13.2 Å². The van der Waals surface area contributed by atoms with Crippen LogP contribution in [-0.4, -0.2) is 24.9 Å². The molecular formula is C18H16ClF3N2O2. The van der Waals surface area contributed by atoms with Gasteiger partial charge in [0.25, 0.3) is 5.91 Å². The van der Waals surface area contributed by atoms with Gasteiger partial charge in [-0.05, 0) is 48.4 Å². The number of alkyl halides is 3. The van der Waals surface area contributed by atoms with E-state index in [9.17, 15) is 22.8 Å². The van der Waals surface area contributed by atoms with Crippen LogP contribution in [0.25, 0.3) is 0 Å². The summed E-state index contributed by atoms with van der Waals surface area (Å²) in [4.78, 5) is 23.6. The predicted molar refractivity (Wildman–Crippen MR) is 91.9 cm³/mol. The van der Waals surface area contributed by atoms with E-state index in [-0.39, 0.29) is 12.1 Å². The van der Waals surface area contributed by atoms with Crippen molar-refractivity contribution < 1.29 is 22.8 Å². The molecule has 0 saturated carbocycles. The molecule has 0 aliphatic rings. The lowest BCUT2D eigenvalue weighted by molar-refractivity contribution is -0.137. The van der Waals surface area contributed by atoms with Crippen LogP contribution in [-0.2, 0) is 17.4 Å². The summed E-state index contributed by atoms with van der Waals surface area (Å²) in [6, 6.07) is 11.0. The molecule has 0 aliphatic carbocycles. The zero-order chi connectivity index (χ0) is 19.2. The second-order valence-corrected chi connectivity index (χ2v) is 5.92. The molecule has 0 unspecified atom stereocenters. The molecule has 0 heterocycles. The van der Waals surface area contributed by atoms with Gasteiger partial charge in [-0.3, -0.25) is 9.59 Å². The lowest BCUT2D eigenvalue weighted by Crippen LogP contribution is -2.37. The topological polar surface area (TPSA) is 58.2 Å². The Hall–Kier alpha value is -2.54. The van der Waals surface area contributed by atoms with Crippen LogP contribution in [0.15, 0.2) is 48.5 Å². The minimum atomic E-state index is -4.46. The van der Waals surface area contributed by atoms with Gasteiger partial charge in [0.1, 0.15) is 0 Å². The van der Waals surface area contributed by atoms with Gasteiger partial charge in [0.2, 0.25) is 5.91 Å². The number of hydrogen-bond acceptors (Lipinski definition) is 2. The maximum Gasteiger partial charge on any atom is 0.416 e. The number of rotatable bonds is 6. The lowest BCUT2D eigenvalue weighted by Gasteiger charge is -2.09. The predicted octanol–water partition coefficient (Wildman–Crippen LogP) is 3.45. The van der Waals surface area contributed by atoms with Crippen LogP contribution in [0.3, 0.4) is 0 Å². The number of halogens is 4. The Balaban J connectivity index is 1.75. The molecule has 8 heteroatoms. The first kappa shape index (κ1) is 19.8. The molecule has 0 aromatic heterocycles. The number of hydrogen-bond donors (Lipinski definition) is 2. The maximum absolute atomic E-state index is 12.5. The number of amides is 2. The zero-order valence-electron chi connectivity index (χ0n) is 13.6. The van der Waals surface area contributed by atoms with Crippen LogP contribution >= 0.6 is 11.6 Å². The van der Waals surface area contributed by atoms with Crippen molar-refractivity contribution in [2.75, 3.05) is 13.1 Å². The van der Waals surface area contributed by atoms with Crippen molar-refractivity contribution in [1.29, 1.82) is 0 Å². The Morgan fingerprint density at radius 2 is 1.69 bits per heavy atom. The summed E-state index contributed by atoms with van der Waals surface area (Å²) < 4.78 is 37.4. The maximum atomic E-state index is 12.5. The molecule has 0 aliphatic heterocycles. The summed E-state index contributed by atoms with van der Waals surface area (Å²) in [7, 11) is 0. The molecule has 0 fully saturated rings. The van der Waals surface area contributed by atoms with Gasteiger partial charge in [0.15, 0.2) is 0 Å². The lowest BCUT2D eigenvalue weighted by atomic mass is 10.1. The Morgan fingerprint density at radius 1 is 1.00 bits per heavy atom. The number of carbonyl (C=O) groups excluding carboxylic acids is 2. The first-order valence-electron chi connectivity index (χ1n) is 7.72. The fraction of sp³-hybridized carbons (Fsp3) is 0.222. The molecular weight excluding hydrogens is 369 g/mol. The monoisotopic (exact) mass is 384 g/mol. The van der Waals surface area contributed by atoms with E-state index in [2.05, 4.69) is 10.6 Å². The van der Waals surface area contributed by atoms with E-state index >= 15 is 0 Å². The van der Waals surface area contributed by atoms with Crippen molar-refractivity contribution in [2.24, 2.45) is 0 Å². The van der Waals surface area contributed by atoms with Gasteiger partial charge >= 0.3 is 6.18 Å². The molecule has 2 amide bonds. The molecule has 0 atom stereocenters. The molecule has 138 valence electrons. The quantitative estimate of drug-likeness (QED) is 0.801. The van der Waals surface area contributed by atoms with Crippen LogP contribution in [0.4, 0.5) is 13.2 Å². The third-order valence-electron chi connectivity index (χ3n) is 3.51. The Labute approximate surface area is 153 Å². The normalized spacial score (nSPS) is 11.1. The standard InChI is InChI=1S/C18H16ClF3N2O2/c19-15-3-1-2-12(10-15)8-9-23-16(25)11-24-17(26)13-4-6-14(7-5-13)18(20,21)22/h1-7,10H,8-9,11H2,(H,23,25)(H,24,26). The van der Waals surface area contributed by atoms with E-state index in [1.54, 1.807) is 12.1 Å². The Kier molecular flexibility index (Phi) is 6.63. The van der Waals surface area contributed by atoms with E-state index in [4.69, 9.17) is 11.6 Å². The van der Waals surface area contributed by atoms with E-state index < -0.39 is 23.6 Å². The third kappa shape index (κ3) is 6.07. The molecule has 2 N–H and O–H groups in total. The Morgan fingerprint density at radius 3 is 2.31 bits per heavy atom. The van der Waals surface area contributed by atoms with Gasteiger partial charge in [-0.15, -0.1) is 0 Å². The van der Waals surface area contributed by atoms with Crippen LogP contribution in [0.1, 0.15) is 21.5 Å². The van der Waals surface area contributed by atoms with Crippen LogP contribution < -0.4 is 10.6 Å². The third-order valence-corrected chi connectivity index (χ3v) is 3.74. The van der Waals surface area contributed by atoms with Crippen LogP contribution in [0, 0.1) is 0 Å². The highest BCUT2D eigenvalue weighted by Crippen LogP contribution is 2.29. The van der Waals surface area contributed by atoms with Gasteiger partial charge in [0, 0.05) is 17.1 Å². The number of carbonyl (C=O) groups is 2. The Bertz CT molecular complexity index is 777. The first-order valence-corrected chi connectivity index (χ1v) is 8.10. The van der Waals surface area contributed by atoms with Crippen molar-refractivity contribution in [1.82, 2.24) is 10.6 Å². The summed E-state index contributed by atoms with van der Waals surface area (Å²) in [6.45, 7) is 0.102. The fourth-order valence-electron chi connectivity index (χ4n) is 2.17. The highest BCUT2D eigenvalue weighted by atomic mass is 35.5. The highest BCUT2D eigenvalue weighted by Gasteiger charge is 2.30. The largest absolute Gasteiger partial charge is 0.416 e. The van der Waals surface area contributed by atoms with Crippen molar-refractivity contribution >= 4 is 23.4 Å². The minimum Gasteiger partial charge on any atom is -0.354 e. The summed E-state index contributed by atoms with van der Waals surface area (Å²) >= 11 is 5.87. The molecule has 26 heavy (non-hydrogen) atoms. The zero-order valence-corrected chi connectivity index (χ0v) is 14.3. The average Bonchev–Trinajstić information content (AvgIpc) is 2.59. The molecule has 0 saturated heterocycles. The van der Waals surface area contributed by atoms with Gasteiger partial charge in [0.05, 0.1) is 12.1 Å². The SMILES string of the molecule is O=C(CNC(=O)c1ccc(C(F)(F)F)cc1)NCCc1cccc(Cl)c1. The summed E-state index contributed by atoms with van der Waals surface area (Å²) in [6.07, 6.45) is -3.88. The average molecular weight is 385 g/mol. The molecule has 0 spiro atoms. The number of nitrogens with one attached hydrogen (secondary N) is 2. The van der Waals surface area contributed by atoms with E-state index in [0.29, 0.717) is 18.0 Å². The van der Waals surface area contributed by atoms with Gasteiger partial charge in [-0.1, -0.05) is 23.7 Å². The summed E-state index contributed by atoms with van der Waals surface area (Å²) in [5.41, 5.74) is 0.170. The molecule has 0 radical (unpaired) electrons. The van der Waals surface area contributed by atoms with Crippen molar-refractivity contribution in [3.63, 3.8) is 0 Å². The molecule has 0 bridgehead atoms. The van der Waals surface area contributed by atoms with Crippen molar-refractivity contribution in [2.45, 2.75) is 12.6 Å². The minimum absolute atomic E-state index is 0.0460. The second kappa shape index (κ2) is 8.71. The van der Waals surface area contributed by atoms with Gasteiger partial charge in [-0.25, -0.2) is 0 Å². The molecule has 2 rings (SSSR count). The summed E-state index contributed by atoms with van der Waals surface area (Å²) in [5, 5.41) is 5.61. The molecule has 4 nitrogen and oxygen atoms in total.